The fraction of sp³-hybridized carbons (Fsp3) is 0.588. The van der Waals surface area contributed by atoms with Crippen molar-refractivity contribution in [2.24, 2.45) is 0 Å². The minimum atomic E-state index is -0.172. The molecule has 22 heavy (non-hydrogen) atoms. The highest BCUT2D eigenvalue weighted by Crippen LogP contribution is 2.28. The van der Waals surface area contributed by atoms with Crippen LogP contribution >= 0.6 is 0 Å². The molecule has 2 aliphatic heterocycles. The number of hydrogen-bond donors (Lipinski definition) is 1. The Bertz CT molecular complexity index is 488. The Morgan fingerprint density at radius 3 is 2.86 bits per heavy atom. The van der Waals surface area contributed by atoms with Crippen LogP contribution in [0.1, 0.15) is 44.3 Å². The van der Waals surface area contributed by atoms with E-state index in [-0.39, 0.29) is 24.3 Å². The van der Waals surface area contributed by atoms with E-state index in [1.165, 1.54) is 0 Å². The molecule has 0 aliphatic carbocycles. The number of benzene rings is 1. The lowest BCUT2D eigenvalue weighted by Gasteiger charge is -2.29. The summed E-state index contributed by atoms with van der Waals surface area (Å²) in [5.74, 6) is 0. The van der Waals surface area contributed by atoms with Crippen molar-refractivity contribution in [3.8, 4) is 0 Å². The average Bonchev–Trinajstić information content (AvgIpc) is 3.23. The third kappa shape index (κ3) is 3.42. The molecule has 0 aromatic heterocycles. The number of ether oxygens (including phenoxy) is 1. The molecular formula is C17H24N2O3. The molecule has 1 aromatic carbocycles. The predicted molar refractivity (Wildman–Crippen MR) is 83.2 cm³/mol. The third-order valence-corrected chi connectivity index (χ3v) is 4.55. The van der Waals surface area contributed by atoms with Gasteiger partial charge in [-0.3, -0.25) is 4.84 Å². The molecule has 3 rings (SSSR count). The number of rotatable bonds is 4. The summed E-state index contributed by atoms with van der Waals surface area (Å²) >= 11 is 0. The van der Waals surface area contributed by atoms with Crippen molar-refractivity contribution in [3.63, 3.8) is 0 Å². The normalized spacial score (nSPS) is 26.1. The summed E-state index contributed by atoms with van der Waals surface area (Å²) in [7, 11) is 0. The molecule has 2 amide bonds. The standard InChI is InChI=1S/C17H24N2O3/c1-13(14-7-3-2-4-8-14)22-18-17(20)19-11-5-9-15(19)16-10-6-12-21-16/h2-4,7-8,13,15-16H,5-6,9-12H2,1H3,(H,18,20). The molecule has 2 aliphatic rings. The highest BCUT2D eigenvalue weighted by atomic mass is 16.7. The molecule has 5 heteroatoms. The number of hydrogen-bond acceptors (Lipinski definition) is 3. The quantitative estimate of drug-likeness (QED) is 0.870. The third-order valence-electron chi connectivity index (χ3n) is 4.55. The summed E-state index contributed by atoms with van der Waals surface area (Å²) in [4.78, 5) is 19.8. The van der Waals surface area contributed by atoms with Crippen molar-refractivity contribution in [2.75, 3.05) is 13.2 Å². The van der Waals surface area contributed by atoms with E-state index in [0.29, 0.717) is 0 Å². The second kappa shape index (κ2) is 7.11. The van der Waals surface area contributed by atoms with Crippen LogP contribution in [0.4, 0.5) is 4.79 Å². The summed E-state index contributed by atoms with van der Waals surface area (Å²) in [5, 5.41) is 0. The number of carbonyl (C=O) groups is 1. The molecule has 2 heterocycles. The SMILES string of the molecule is CC(ONC(=O)N1CCCC1C1CCCO1)c1ccccc1. The maximum Gasteiger partial charge on any atom is 0.341 e. The second-order valence-corrected chi connectivity index (χ2v) is 6.03. The first kappa shape index (κ1) is 15.3. The Balaban J connectivity index is 1.52. The summed E-state index contributed by atoms with van der Waals surface area (Å²) < 4.78 is 5.75. The first-order valence-corrected chi connectivity index (χ1v) is 8.14. The molecule has 120 valence electrons. The Labute approximate surface area is 131 Å². The molecule has 3 unspecified atom stereocenters. The highest BCUT2D eigenvalue weighted by Gasteiger charge is 2.37. The lowest BCUT2D eigenvalue weighted by Crippen LogP contribution is -2.47. The van der Waals surface area contributed by atoms with E-state index < -0.39 is 0 Å². The summed E-state index contributed by atoms with van der Waals surface area (Å²) in [6.45, 7) is 3.52. The number of carbonyl (C=O) groups excluding carboxylic acids is 1. The van der Waals surface area contributed by atoms with Crippen molar-refractivity contribution in [3.05, 3.63) is 35.9 Å². The first-order chi connectivity index (χ1) is 10.8. The lowest BCUT2D eigenvalue weighted by atomic mass is 10.1. The van der Waals surface area contributed by atoms with Gasteiger partial charge in [-0.1, -0.05) is 30.3 Å². The molecule has 2 fully saturated rings. The average molecular weight is 304 g/mol. The van der Waals surface area contributed by atoms with Gasteiger partial charge in [0.1, 0.15) is 6.10 Å². The zero-order valence-corrected chi connectivity index (χ0v) is 13.0. The van der Waals surface area contributed by atoms with Crippen molar-refractivity contribution in [1.82, 2.24) is 10.4 Å². The van der Waals surface area contributed by atoms with Gasteiger partial charge in [-0.15, -0.1) is 0 Å². The van der Waals surface area contributed by atoms with E-state index in [1.54, 1.807) is 0 Å². The highest BCUT2D eigenvalue weighted by molar-refractivity contribution is 5.73. The Hall–Kier alpha value is -1.59. The second-order valence-electron chi connectivity index (χ2n) is 6.03. The molecule has 2 saturated heterocycles. The molecule has 5 nitrogen and oxygen atoms in total. The van der Waals surface area contributed by atoms with Crippen LogP contribution in [0.2, 0.25) is 0 Å². The maximum absolute atomic E-state index is 12.4. The van der Waals surface area contributed by atoms with E-state index in [0.717, 1.165) is 44.4 Å². The van der Waals surface area contributed by atoms with Crippen LogP contribution in [0.25, 0.3) is 0 Å². The minimum Gasteiger partial charge on any atom is -0.376 e. The summed E-state index contributed by atoms with van der Waals surface area (Å²) in [6.07, 6.45) is 4.22. The van der Waals surface area contributed by atoms with E-state index in [2.05, 4.69) is 5.48 Å². The van der Waals surface area contributed by atoms with Crippen LogP contribution in [0.5, 0.6) is 0 Å². The van der Waals surface area contributed by atoms with Gasteiger partial charge >= 0.3 is 6.03 Å². The van der Waals surface area contributed by atoms with Gasteiger partial charge in [-0.05, 0) is 38.2 Å². The van der Waals surface area contributed by atoms with Gasteiger partial charge in [0.05, 0.1) is 12.1 Å². The molecule has 0 radical (unpaired) electrons. The zero-order valence-electron chi connectivity index (χ0n) is 13.0. The van der Waals surface area contributed by atoms with Gasteiger partial charge in [0.2, 0.25) is 0 Å². The maximum atomic E-state index is 12.4. The first-order valence-electron chi connectivity index (χ1n) is 8.14. The monoisotopic (exact) mass is 304 g/mol. The molecule has 0 bridgehead atoms. The number of hydroxylamine groups is 1. The fourth-order valence-electron chi connectivity index (χ4n) is 3.33. The van der Waals surface area contributed by atoms with Crippen LogP contribution in [0.3, 0.4) is 0 Å². The number of urea groups is 1. The smallest absolute Gasteiger partial charge is 0.341 e. The van der Waals surface area contributed by atoms with E-state index in [9.17, 15) is 4.79 Å². The van der Waals surface area contributed by atoms with Gasteiger partial charge in [-0.2, -0.15) is 0 Å². The Morgan fingerprint density at radius 2 is 2.14 bits per heavy atom. The fourth-order valence-corrected chi connectivity index (χ4v) is 3.33. The zero-order chi connectivity index (χ0) is 15.4. The van der Waals surface area contributed by atoms with Gasteiger partial charge in [0, 0.05) is 13.2 Å². The van der Waals surface area contributed by atoms with Crippen LogP contribution in [0.15, 0.2) is 30.3 Å². The number of likely N-dealkylation sites (tertiary alicyclic amines) is 1. The van der Waals surface area contributed by atoms with Crippen LogP contribution in [0, 0.1) is 0 Å². The summed E-state index contributed by atoms with van der Waals surface area (Å²) in [6, 6.07) is 9.91. The summed E-state index contributed by atoms with van der Waals surface area (Å²) in [5.41, 5.74) is 3.65. The molecule has 0 saturated carbocycles. The molecular weight excluding hydrogens is 280 g/mol. The Morgan fingerprint density at radius 1 is 1.32 bits per heavy atom. The van der Waals surface area contributed by atoms with Crippen molar-refractivity contribution in [2.45, 2.75) is 50.9 Å². The van der Waals surface area contributed by atoms with Gasteiger partial charge in [0.25, 0.3) is 0 Å². The van der Waals surface area contributed by atoms with Crippen LogP contribution in [-0.4, -0.2) is 36.2 Å². The van der Waals surface area contributed by atoms with Gasteiger partial charge in [0.15, 0.2) is 0 Å². The Kier molecular flexibility index (Phi) is 4.95. The molecule has 1 aromatic rings. The number of nitrogens with zero attached hydrogens (tertiary/aromatic N) is 1. The minimum absolute atomic E-state index is 0.152. The number of amides is 2. The largest absolute Gasteiger partial charge is 0.376 e. The van der Waals surface area contributed by atoms with E-state index in [1.807, 2.05) is 42.2 Å². The van der Waals surface area contributed by atoms with Crippen LogP contribution in [-0.2, 0) is 9.57 Å². The topological polar surface area (TPSA) is 50.8 Å². The van der Waals surface area contributed by atoms with Crippen LogP contribution < -0.4 is 5.48 Å². The van der Waals surface area contributed by atoms with Gasteiger partial charge < -0.3 is 9.64 Å². The van der Waals surface area contributed by atoms with Crippen molar-refractivity contribution in [1.29, 1.82) is 0 Å². The van der Waals surface area contributed by atoms with E-state index in [4.69, 9.17) is 9.57 Å². The lowest BCUT2D eigenvalue weighted by molar-refractivity contribution is -0.0121. The van der Waals surface area contributed by atoms with Gasteiger partial charge in [-0.25, -0.2) is 10.3 Å². The molecule has 1 N–H and O–H groups in total. The number of nitrogens with one attached hydrogen (secondary N) is 1. The molecule has 0 spiro atoms. The van der Waals surface area contributed by atoms with Crippen molar-refractivity contribution < 1.29 is 14.4 Å². The van der Waals surface area contributed by atoms with E-state index >= 15 is 0 Å². The molecule has 3 atom stereocenters. The van der Waals surface area contributed by atoms with Crippen molar-refractivity contribution >= 4 is 6.03 Å². The predicted octanol–water partition coefficient (Wildman–Crippen LogP) is 3.03.